The summed E-state index contributed by atoms with van der Waals surface area (Å²) < 4.78 is 57.9. The minimum atomic E-state index is -3.35. The summed E-state index contributed by atoms with van der Waals surface area (Å²) in [5.74, 6) is 0.00983. The fraction of sp³-hybridized carbons (Fsp3) is 0.375. The molecule has 2 fully saturated rings. The van der Waals surface area contributed by atoms with Crippen LogP contribution in [0.1, 0.15) is 43.7 Å². The summed E-state index contributed by atoms with van der Waals surface area (Å²) in [6.07, 6.45) is 5.55. The average molecular weight is 500 g/mol. The Morgan fingerprint density at radius 3 is 2.32 bits per heavy atom. The molecule has 0 atom stereocenters. The zero-order chi connectivity index (χ0) is 24.1. The summed E-state index contributed by atoms with van der Waals surface area (Å²) in [7, 11) is -6.65. The van der Waals surface area contributed by atoms with Gasteiger partial charge < -0.3 is 9.30 Å². The van der Waals surface area contributed by atoms with Gasteiger partial charge in [0.05, 0.1) is 22.0 Å². The minimum absolute atomic E-state index is 0.220. The Bertz CT molecular complexity index is 1510. The molecule has 5 rings (SSSR count). The number of benzene rings is 2. The number of nitriles is 1. The van der Waals surface area contributed by atoms with Gasteiger partial charge in [0.15, 0.2) is 15.8 Å². The largest absolute Gasteiger partial charge is 0.478 e. The number of sulfonamides is 1. The van der Waals surface area contributed by atoms with Gasteiger partial charge in [0.1, 0.15) is 11.8 Å². The molecule has 0 aliphatic heterocycles. The van der Waals surface area contributed by atoms with Crippen molar-refractivity contribution in [2.24, 2.45) is 0 Å². The Morgan fingerprint density at radius 2 is 1.76 bits per heavy atom. The molecule has 2 aliphatic rings. The fourth-order valence-electron chi connectivity index (χ4n) is 4.30. The number of hydrogen-bond acceptors (Lipinski definition) is 6. The van der Waals surface area contributed by atoms with Crippen molar-refractivity contribution in [3.05, 3.63) is 48.0 Å². The van der Waals surface area contributed by atoms with Gasteiger partial charge in [-0.1, -0.05) is 12.1 Å². The number of anilines is 1. The monoisotopic (exact) mass is 499 g/mol. The van der Waals surface area contributed by atoms with E-state index in [-0.39, 0.29) is 11.3 Å². The molecule has 0 saturated heterocycles. The molecule has 8 nitrogen and oxygen atoms in total. The number of nitrogens with one attached hydrogen (secondary N) is 1. The SMILES string of the molecule is CS(=O)(=O)COc1ccc2c(C#N)c(-c3ccc(NS(=O)(=O)C4CC4)cc3)n(C3CCC3)c2c1. The van der Waals surface area contributed by atoms with Crippen LogP contribution in [0.15, 0.2) is 42.5 Å². The minimum Gasteiger partial charge on any atom is -0.478 e. The molecule has 1 N–H and O–H groups in total. The molecule has 0 spiro atoms. The van der Waals surface area contributed by atoms with E-state index in [0.717, 1.165) is 47.7 Å². The smallest absolute Gasteiger partial charge is 0.235 e. The summed E-state index contributed by atoms with van der Waals surface area (Å²) in [5.41, 5.74) is 3.44. The molecule has 0 radical (unpaired) electrons. The van der Waals surface area contributed by atoms with E-state index in [9.17, 15) is 22.1 Å². The molecule has 1 heterocycles. The molecule has 2 aliphatic carbocycles. The number of sulfone groups is 1. The molecule has 2 aromatic carbocycles. The van der Waals surface area contributed by atoms with Crippen molar-refractivity contribution in [1.82, 2.24) is 4.57 Å². The third-order valence-electron chi connectivity index (χ3n) is 6.35. The first-order valence-electron chi connectivity index (χ1n) is 11.2. The molecule has 0 bridgehead atoms. The van der Waals surface area contributed by atoms with Gasteiger partial charge in [-0.3, -0.25) is 4.72 Å². The lowest BCUT2D eigenvalue weighted by Gasteiger charge is -2.30. The molecule has 178 valence electrons. The third-order valence-corrected chi connectivity index (χ3v) is 8.76. The van der Waals surface area contributed by atoms with E-state index in [4.69, 9.17) is 4.74 Å². The maximum absolute atomic E-state index is 12.3. The lowest BCUT2D eigenvalue weighted by molar-refractivity contribution is 0.323. The molecule has 1 aromatic heterocycles. The topological polar surface area (TPSA) is 118 Å². The summed E-state index contributed by atoms with van der Waals surface area (Å²) in [6, 6.07) is 14.9. The maximum Gasteiger partial charge on any atom is 0.235 e. The Labute approximate surface area is 199 Å². The first kappa shape index (κ1) is 22.7. The molecule has 0 unspecified atom stereocenters. The highest BCUT2D eigenvalue weighted by Crippen LogP contribution is 2.43. The molecule has 2 saturated carbocycles. The standard InChI is InChI=1S/C24H25N3O5S2/c1-33(28,29)15-32-19-9-12-21-22(14-25)24(27(23(21)13-19)18-3-2-4-18)16-5-7-17(8-6-16)26-34(30,31)20-10-11-20/h5-9,12-13,18,20,26H,2-4,10-11,15H2,1H3. The zero-order valence-electron chi connectivity index (χ0n) is 18.7. The lowest BCUT2D eigenvalue weighted by atomic mass is 9.92. The van der Waals surface area contributed by atoms with Crippen LogP contribution >= 0.6 is 0 Å². The first-order valence-corrected chi connectivity index (χ1v) is 14.8. The maximum atomic E-state index is 12.3. The van der Waals surface area contributed by atoms with Crippen molar-refractivity contribution in [3.8, 4) is 23.1 Å². The number of aromatic nitrogens is 1. The summed E-state index contributed by atoms with van der Waals surface area (Å²) in [6.45, 7) is 0. The number of rotatable bonds is 8. The van der Waals surface area contributed by atoms with E-state index in [2.05, 4.69) is 15.4 Å². The number of fused-ring (bicyclic) bond motifs is 1. The van der Waals surface area contributed by atoms with Crippen molar-refractivity contribution in [2.75, 3.05) is 16.9 Å². The predicted octanol–water partition coefficient (Wildman–Crippen LogP) is 4.19. The summed E-state index contributed by atoms with van der Waals surface area (Å²) in [4.78, 5) is 0. The van der Waals surface area contributed by atoms with Crippen molar-refractivity contribution in [1.29, 1.82) is 5.26 Å². The fourth-order valence-corrected chi connectivity index (χ4v) is 6.04. The van der Waals surface area contributed by atoms with Gasteiger partial charge in [0.25, 0.3) is 0 Å². The van der Waals surface area contributed by atoms with Crippen LogP contribution in [0.2, 0.25) is 0 Å². The van der Waals surface area contributed by atoms with E-state index in [0.29, 0.717) is 29.8 Å². The highest BCUT2D eigenvalue weighted by atomic mass is 32.2. The van der Waals surface area contributed by atoms with Gasteiger partial charge >= 0.3 is 0 Å². The molecule has 0 amide bonds. The molecule has 3 aromatic rings. The van der Waals surface area contributed by atoms with Gasteiger partial charge in [0, 0.05) is 29.4 Å². The van der Waals surface area contributed by atoms with Crippen molar-refractivity contribution in [3.63, 3.8) is 0 Å². The van der Waals surface area contributed by atoms with Crippen LogP contribution in [0.3, 0.4) is 0 Å². The highest BCUT2D eigenvalue weighted by molar-refractivity contribution is 7.93. The Kier molecular flexibility index (Phi) is 5.57. The van der Waals surface area contributed by atoms with Gasteiger partial charge in [-0.2, -0.15) is 5.26 Å². The van der Waals surface area contributed by atoms with Gasteiger partial charge in [-0.25, -0.2) is 16.8 Å². The van der Waals surface area contributed by atoms with Crippen LogP contribution < -0.4 is 9.46 Å². The molecule has 10 heteroatoms. The van der Waals surface area contributed by atoms with E-state index < -0.39 is 25.8 Å². The van der Waals surface area contributed by atoms with Crippen LogP contribution in [0.25, 0.3) is 22.2 Å². The van der Waals surface area contributed by atoms with Gasteiger partial charge in [-0.15, -0.1) is 0 Å². The second-order valence-electron chi connectivity index (χ2n) is 9.08. The third kappa shape index (κ3) is 4.38. The second kappa shape index (κ2) is 8.32. The van der Waals surface area contributed by atoms with Crippen molar-refractivity contribution < 1.29 is 21.6 Å². The van der Waals surface area contributed by atoms with Crippen LogP contribution in [0.4, 0.5) is 5.69 Å². The Balaban J connectivity index is 1.57. The predicted molar refractivity (Wildman–Crippen MR) is 131 cm³/mol. The first-order chi connectivity index (χ1) is 16.2. The Hall–Kier alpha value is -3.03. The second-order valence-corrected chi connectivity index (χ2v) is 13.1. The van der Waals surface area contributed by atoms with Crippen molar-refractivity contribution in [2.45, 2.75) is 43.4 Å². The normalized spacial score (nSPS) is 16.7. The zero-order valence-corrected chi connectivity index (χ0v) is 20.3. The number of nitrogens with zero attached hydrogens (tertiary/aromatic N) is 2. The van der Waals surface area contributed by atoms with E-state index in [1.807, 2.05) is 12.1 Å². The lowest BCUT2D eigenvalue weighted by Crippen LogP contribution is -2.18. The van der Waals surface area contributed by atoms with Crippen LogP contribution in [-0.2, 0) is 19.9 Å². The summed E-state index contributed by atoms with van der Waals surface area (Å²) in [5, 5.41) is 10.5. The Morgan fingerprint density at radius 1 is 1.06 bits per heavy atom. The summed E-state index contributed by atoms with van der Waals surface area (Å²) >= 11 is 0. The molecule has 34 heavy (non-hydrogen) atoms. The van der Waals surface area contributed by atoms with Gasteiger partial charge in [-0.05, 0) is 61.9 Å². The van der Waals surface area contributed by atoms with E-state index in [1.54, 1.807) is 30.3 Å². The van der Waals surface area contributed by atoms with Crippen LogP contribution in [0.5, 0.6) is 5.75 Å². The average Bonchev–Trinajstić information content (AvgIpc) is 3.56. The van der Waals surface area contributed by atoms with Crippen LogP contribution in [0, 0.1) is 11.3 Å². The van der Waals surface area contributed by atoms with Crippen molar-refractivity contribution >= 4 is 36.5 Å². The quantitative estimate of drug-likeness (QED) is 0.496. The van der Waals surface area contributed by atoms with E-state index in [1.165, 1.54) is 0 Å². The highest BCUT2D eigenvalue weighted by Gasteiger charge is 2.35. The number of hydrogen-bond donors (Lipinski definition) is 1. The van der Waals surface area contributed by atoms with E-state index >= 15 is 0 Å². The van der Waals surface area contributed by atoms with Crippen LogP contribution in [-0.4, -0.2) is 38.8 Å². The van der Waals surface area contributed by atoms with Gasteiger partial charge in [0.2, 0.25) is 10.0 Å². The number of ether oxygens (including phenoxy) is 1. The molecular formula is C24H25N3O5S2. The molecular weight excluding hydrogens is 474 g/mol.